The summed E-state index contributed by atoms with van der Waals surface area (Å²) >= 11 is 0. The topological polar surface area (TPSA) is 218 Å². The molecule has 0 saturated heterocycles. The zero-order chi connectivity index (χ0) is 42.2. The summed E-state index contributed by atoms with van der Waals surface area (Å²) < 4.78 is 0. The molecule has 0 aromatic carbocycles. The van der Waals surface area contributed by atoms with E-state index in [1.165, 1.54) is 0 Å². The molecule has 8 rings (SSSR count). The SMILES string of the molecule is Cc1cc(C)[n-]n1.Cc1cc(C)[n-]n1.Cc1cc(C)[n-]n1.Cc1cc(C)[n-]n1.Cc1cc(C)[n-]n1.Cc1cc(C)[n-]n1.Cc1cc(C)[n-]n1.Cc1cc(C)[nH]n1.[Cu+2].[Cu+2].[Cu].[Cu].[Pt+2].[Pt+2]. The maximum absolute atomic E-state index is 3.89. The average Bonchev–Trinajstić information content (AvgIpc) is 4.00. The fourth-order valence-electron chi connectivity index (χ4n) is 4.18. The third kappa shape index (κ3) is 37.7. The van der Waals surface area contributed by atoms with Crippen molar-refractivity contribution in [2.75, 3.05) is 0 Å². The molecule has 8 aromatic heterocycles. The van der Waals surface area contributed by atoms with Gasteiger partial charge in [-0.3, -0.25) is 5.10 Å². The first-order valence-electron chi connectivity index (χ1n) is 17.8. The van der Waals surface area contributed by atoms with Crippen molar-refractivity contribution in [1.29, 1.82) is 0 Å². The first-order valence-corrected chi connectivity index (χ1v) is 17.8. The smallest absolute Gasteiger partial charge is 0.579 e. The van der Waals surface area contributed by atoms with Crippen molar-refractivity contribution in [1.82, 2.24) is 81.6 Å². The van der Waals surface area contributed by atoms with E-state index in [9.17, 15) is 0 Å². The van der Waals surface area contributed by atoms with Crippen molar-refractivity contribution in [3.8, 4) is 0 Å². The number of aromatic amines is 1. The second kappa shape index (κ2) is 39.7. The Morgan fingerprint density at radius 1 is 0.290 bits per heavy atom. The first kappa shape index (κ1) is 70.8. The van der Waals surface area contributed by atoms with Crippen LogP contribution in [0, 0.1) is 111 Å². The van der Waals surface area contributed by atoms with Crippen LogP contribution in [0.3, 0.4) is 0 Å². The summed E-state index contributed by atoms with van der Waals surface area (Å²) in [5.74, 6) is 0. The molecule has 22 heteroatoms. The maximum Gasteiger partial charge on any atom is 2.00 e. The van der Waals surface area contributed by atoms with Gasteiger partial charge in [0.05, 0.1) is 5.69 Å². The van der Waals surface area contributed by atoms with Gasteiger partial charge in [0, 0.05) is 79.7 Å². The molecule has 0 unspecified atom stereocenters. The van der Waals surface area contributed by atoms with Crippen molar-refractivity contribution in [2.24, 2.45) is 0 Å². The van der Waals surface area contributed by atoms with Crippen LogP contribution in [0.5, 0.6) is 0 Å². The molecule has 0 bridgehead atoms. The first-order chi connectivity index (χ1) is 26.3. The molecule has 0 aliphatic carbocycles. The molecule has 0 amide bonds. The van der Waals surface area contributed by atoms with Crippen molar-refractivity contribution >= 4 is 0 Å². The van der Waals surface area contributed by atoms with Gasteiger partial charge in [-0.05, 0) is 68.4 Å². The van der Waals surface area contributed by atoms with Gasteiger partial charge in [-0.1, -0.05) is 90.9 Å². The third-order valence-corrected chi connectivity index (χ3v) is 6.32. The van der Waals surface area contributed by atoms with Crippen LogP contribution in [0.1, 0.15) is 91.1 Å². The van der Waals surface area contributed by atoms with Gasteiger partial charge in [0.15, 0.2) is 0 Å². The fraction of sp³-hybridized carbons (Fsp3) is 0.400. The molecule has 0 aliphatic heterocycles. The minimum atomic E-state index is 0. The third-order valence-electron chi connectivity index (χ3n) is 6.32. The van der Waals surface area contributed by atoms with Gasteiger partial charge in [0.2, 0.25) is 0 Å². The van der Waals surface area contributed by atoms with Crippen LogP contribution in [0.4, 0.5) is 0 Å². The largest absolute Gasteiger partial charge is 2.00 e. The Morgan fingerprint density at radius 3 is 0.484 bits per heavy atom. The Labute approximate surface area is 438 Å². The summed E-state index contributed by atoms with van der Waals surface area (Å²) in [7, 11) is 0. The van der Waals surface area contributed by atoms with Crippen LogP contribution in [0.15, 0.2) is 48.5 Å². The van der Waals surface area contributed by atoms with Gasteiger partial charge in [-0.15, -0.1) is 39.9 Å². The van der Waals surface area contributed by atoms with Gasteiger partial charge in [0.1, 0.15) is 0 Å². The van der Waals surface area contributed by atoms with Crippen LogP contribution in [-0.2, 0) is 110 Å². The van der Waals surface area contributed by atoms with Crippen molar-refractivity contribution < 1.29 is 110 Å². The van der Waals surface area contributed by atoms with Gasteiger partial charge < -0.3 is 71.4 Å². The number of rotatable bonds is 0. The normalized spacial score (nSPS) is 8.52. The summed E-state index contributed by atoms with van der Waals surface area (Å²) in [5.41, 5.74) is 16.1. The Balaban J connectivity index is -0.000000143. The summed E-state index contributed by atoms with van der Waals surface area (Å²) in [6, 6.07) is 15.6. The molecule has 0 fully saturated rings. The van der Waals surface area contributed by atoms with Gasteiger partial charge >= 0.3 is 76.3 Å². The van der Waals surface area contributed by atoms with Crippen molar-refractivity contribution in [3.05, 3.63) is 140 Å². The maximum atomic E-state index is 3.89. The number of H-pyrrole nitrogens is 1. The number of aryl methyl sites for hydroxylation is 16. The van der Waals surface area contributed by atoms with Crippen LogP contribution in [-0.4, -0.2) is 45.9 Å². The molecule has 62 heavy (non-hydrogen) atoms. The molecular weight excluding hydrogens is 1350 g/mol. The van der Waals surface area contributed by atoms with E-state index in [0.717, 1.165) is 91.1 Å². The molecule has 0 aliphatic rings. The van der Waals surface area contributed by atoms with E-state index in [1.54, 1.807) is 0 Å². The summed E-state index contributed by atoms with van der Waals surface area (Å²) in [4.78, 5) is 0. The molecule has 0 saturated carbocycles. The van der Waals surface area contributed by atoms with E-state index in [2.05, 4.69) is 81.6 Å². The molecule has 8 heterocycles. The summed E-state index contributed by atoms with van der Waals surface area (Å²) in [6.45, 7) is 31.0. The zero-order valence-corrected chi connectivity index (χ0v) is 46.0. The molecule has 1 N–H and O–H groups in total. The van der Waals surface area contributed by atoms with Crippen molar-refractivity contribution in [3.63, 3.8) is 0 Å². The van der Waals surface area contributed by atoms with Gasteiger partial charge in [-0.2, -0.15) is 5.10 Å². The van der Waals surface area contributed by atoms with E-state index in [0.29, 0.717) is 0 Å². The number of aromatic nitrogens is 16. The van der Waals surface area contributed by atoms with Crippen LogP contribution < -0.4 is 35.7 Å². The molecule has 8 aromatic rings. The van der Waals surface area contributed by atoms with Crippen LogP contribution >= 0.6 is 0 Å². The summed E-state index contributed by atoms with van der Waals surface area (Å²) in [6.07, 6.45) is 0. The minimum absolute atomic E-state index is 0. The van der Waals surface area contributed by atoms with E-state index >= 15 is 0 Å². The predicted molar refractivity (Wildman–Crippen MR) is 217 cm³/mol. The summed E-state index contributed by atoms with van der Waals surface area (Å²) in [5, 5.41) is 59.4. The monoisotopic (exact) mass is 1400 g/mol. The Hall–Kier alpha value is -2.87. The quantitative estimate of drug-likeness (QED) is 0.183. The minimum Gasteiger partial charge on any atom is -0.579 e. The molecule has 16 nitrogen and oxygen atoms in total. The average molecular weight is 1410 g/mol. The second-order valence-corrected chi connectivity index (χ2v) is 13.1. The zero-order valence-electron chi connectivity index (χ0n) is 37.7. The number of nitrogens with zero attached hydrogens (tertiary/aromatic N) is 15. The Bertz CT molecular complexity index is 1600. The van der Waals surface area contributed by atoms with Crippen molar-refractivity contribution in [2.45, 2.75) is 111 Å². The van der Waals surface area contributed by atoms with Gasteiger partial charge in [0.25, 0.3) is 0 Å². The predicted octanol–water partition coefficient (Wildman–Crippen LogP) is 5.60. The van der Waals surface area contributed by atoms with Gasteiger partial charge in [-0.25, -0.2) is 0 Å². The molecule has 0 atom stereocenters. The fourth-order valence-corrected chi connectivity index (χ4v) is 4.18. The van der Waals surface area contributed by atoms with Crippen LogP contribution in [0.2, 0.25) is 0 Å². The number of hydrogen-bond acceptors (Lipinski definition) is 8. The molecular formula is C40H57Cu4N16Pt2+. The number of hydrogen-bond donors (Lipinski definition) is 1. The molecule has 4 radical (unpaired) electrons. The van der Waals surface area contributed by atoms with E-state index in [1.807, 2.05) is 159 Å². The number of nitrogens with one attached hydrogen (secondary N) is 1. The molecule has 360 valence electrons. The van der Waals surface area contributed by atoms with E-state index < -0.39 is 0 Å². The van der Waals surface area contributed by atoms with E-state index in [-0.39, 0.29) is 110 Å². The molecule has 0 spiro atoms. The van der Waals surface area contributed by atoms with Crippen LogP contribution in [0.25, 0.3) is 0 Å². The standard InChI is InChI=1S/C5H8N2.7C5H7N2.4Cu.2Pt/c8*1-4-3-5(2)7-6-4;;;;;;/h3H,1-2H3,(H,6,7);7*3H,1-2H3;;;;;;/q;7*-1;;;4*+2. The Kier molecular flexibility index (Phi) is 45.3. The van der Waals surface area contributed by atoms with E-state index in [4.69, 9.17) is 0 Å². The Morgan fingerprint density at radius 2 is 0.452 bits per heavy atom. The second-order valence-electron chi connectivity index (χ2n) is 13.1.